The highest BCUT2D eigenvalue weighted by Gasteiger charge is 2.12. The van der Waals surface area contributed by atoms with Crippen LogP contribution < -0.4 is 0 Å². The van der Waals surface area contributed by atoms with Gasteiger partial charge in [-0.3, -0.25) is 4.98 Å². The van der Waals surface area contributed by atoms with Crippen LogP contribution in [0.5, 0.6) is 0 Å². The molecule has 1 aromatic heterocycles. The third-order valence-corrected chi connectivity index (χ3v) is 2.35. The van der Waals surface area contributed by atoms with Crippen molar-refractivity contribution < 1.29 is 4.74 Å². The van der Waals surface area contributed by atoms with Crippen LogP contribution in [0.25, 0.3) is 0 Å². The van der Waals surface area contributed by atoms with Gasteiger partial charge in [0.25, 0.3) is 0 Å². The van der Waals surface area contributed by atoms with Gasteiger partial charge in [-0.25, -0.2) is 0 Å². The van der Waals surface area contributed by atoms with Gasteiger partial charge >= 0.3 is 0 Å². The average molecular weight is 193 g/mol. The summed E-state index contributed by atoms with van der Waals surface area (Å²) >= 11 is 0. The van der Waals surface area contributed by atoms with Crippen LogP contribution in [-0.4, -0.2) is 11.6 Å². The number of aromatic nitrogens is 1. The lowest BCUT2D eigenvalue weighted by Crippen LogP contribution is -2.13. The Bertz CT molecular complexity index is 269. The highest BCUT2D eigenvalue weighted by atomic mass is 16.5. The molecule has 0 radical (unpaired) electrons. The predicted molar refractivity (Wildman–Crippen MR) is 58.3 cm³/mol. The van der Waals surface area contributed by atoms with Gasteiger partial charge in [0, 0.05) is 23.9 Å². The summed E-state index contributed by atoms with van der Waals surface area (Å²) in [7, 11) is 0. The van der Waals surface area contributed by atoms with E-state index < -0.39 is 0 Å². The average Bonchev–Trinajstić information content (AvgIpc) is 2.31. The molecule has 2 heterocycles. The lowest BCUT2D eigenvalue weighted by atomic mass is 10.0. The van der Waals surface area contributed by atoms with Crippen LogP contribution in [0.15, 0.2) is 12.3 Å². The fourth-order valence-corrected chi connectivity index (χ4v) is 1.65. The van der Waals surface area contributed by atoms with Crippen LogP contribution in [0.4, 0.5) is 0 Å². The van der Waals surface area contributed by atoms with Gasteiger partial charge in [-0.2, -0.15) is 0 Å². The Morgan fingerprint density at radius 3 is 2.93 bits per heavy atom. The molecule has 0 saturated carbocycles. The van der Waals surface area contributed by atoms with E-state index in [0.29, 0.717) is 0 Å². The quantitative estimate of drug-likeness (QED) is 0.684. The molecule has 0 unspecified atom stereocenters. The van der Waals surface area contributed by atoms with Gasteiger partial charge in [0.15, 0.2) is 0 Å². The van der Waals surface area contributed by atoms with Crippen molar-refractivity contribution in [2.24, 2.45) is 0 Å². The molecule has 0 fully saturated rings. The van der Waals surface area contributed by atoms with E-state index in [1.54, 1.807) is 0 Å². The van der Waals surface area contributed by atoms with Crippen LogP contribution in [0, 0.1) is 0 Å². The molecule has 78 valence electrons. The molecule has 0 aliphatic carbocycles. The second-order valence-corrected chi connectivity index (χ2v) is 3.05. The number of fused-ring (bicyclic) bond motifs is 1. The van der Waals surface area contributed by atoms with E-state index in [1.165, 1.54) is 16.8 Å². The molecular formula is C12H19NO. The van der Waals surface area contributed by atoms with Crippen LogP contribution >= 0.6 is 0 Å². The standard InChI is InChI=1S/C10H13NO.C2H6/c1-2-8-3-5-11-10-4-6-12-7-9(8)10;1-2/h3,5H,2,4,6-7H2,1H3;1-2H3. The summed E-state index contributed by atoms with van der Waals surface area (Å²) in [5.74, 6) is 0. The summed E-state index contributed by atoms with van der Waals surface area (Å²) in [5, 5.41) is 0. The van der Waals surface area contributed by atoms with Gasteiger partial charge in [-0.05, 0) is 18.1 Å². The van der Waals surface area contributed by atoms with Crippen molar-refractivity contribution in [3.8, 4) is 0 Å². The molecule has 0 N–H and O–H groups in total. The Labute approximate surface area is 86.3 Å². The summed E-state index contributed by atoms with van der Waals surface area (Å²) in [4.78, 5) is 4.35. The first-order valence-electron chi connectivity index (χ1n) is 5.45. The summed E-state index contributed by atoms with van der Waals surface area (Å²) in [6.45, 7) is 7.75. The van der Waals surface area contributed by atoms with Gasteiger partial charge < -0.3 is 4.74 Å². The van der Waals surface area contributed by atoms with E-state index in [-0.39, 0.29) is 0 Å². The van der Waals surface area contributed by atoms with E-state index in [2.05, 4.69) is 18.0 Å². The van der Waals surface area contributed by atoms with Crippen LogP contribution in [0.2, 0.25) is 0 Å². The number of hydrogen-bond donors (Lipinski definition) is 0. The summed E-state index contributed by atoms with van der Waals surface area (Å²) < 4.78 is 5.40. The summed E-state index contributed by atoms with van der Waals surface area (Å²) in [6, 6.07) is 2.09. The fourth-order valence-electron chi connectivity index (χ4n) is 1.65. The Kier molecular flexibility index (Phi) is 4.60. The van der Waals surface area contributed by atoms with E-state index in [9.17, 15) is 0 Å². The molecule has 14 heavy (non-hydrogen) atoms. The summed E-state index contributed by atoms with van der Waals surface area (Å²) in [5.41, 5.74) is 3.95. The highest BCUT2D eigenvalue weighted by Crippen LogP contribution is 2.18. The molecule has 1 aliphatic rings. The number of aryl methyl sites for hydroxylation is 1. The van der Waals surface area contributed by atoms with Crippen molar-refractivity contribution in [1.82, 2.24) is 4.98 Å². The van der Waals surface area contributed by atoms with Crippen molar-refractivity contribution in [3.05, 3.63) is 29.1 Å². The molecule has 0 bridgehead atoms. The highest BCUT2D eigenvalue weighted by molar-refractivity contribution is 5.30. The molecule has 1 aliphatic heterocycles. The van der Waals surface area contributed by atoms with Gasteiger partial charge in [0.2, 0.25) is 0 Å². The van der Waals surface area contributed by atoms with Crippen LogP contribution in [-0.2, 0) is 24.2 Å². The number of nitrogens with zero attached hydrogens (tertiary/aromatic N) is 1. The Balaban J connectivity index is 0.000000461. The van der Waals surface area contributed by atoms with E-state index >= 15 is 0 Å². The maximum Gasteiger partial charge on any atom is 0.0737 e. The normalized spacial score (nSPS) is 13.9. The molecule has 2 rings (SSSR count). The predicted octanol–water partition coefficient (Wildman–Crippen LogP) is 2.74. The smallest absolute Gasteiger partial charge is 0.0737 e. The Morgan fingerprint density at radius 1 is 1.43 bits per heavy atom. The first-order valence-corrected chi connectivity index (χ1v) is 5.45. The SMILES string of the molecule is CC.CCc1ccnc2c1COCC2. The molecule has 0 amide bonds. The molecule has 2 nitrogen and oxygen atoms in total. The second-order valence-electron chi connectivity index (χ2n) is 3.05. The maximum absolute atomic E-state index is 5.40. The molecule has 0 aromatic carbocycles. The maximum atomic E-state index is 5.40. The third kappa shape index (κ3) is 2.32. The zero-order valence-corrected chi connectivity index (χ0v) is 9.34. The van der Waals surface area contributed by atoms with Crippen molar-refractivity contribution in [2.75, 3.05) is 6.61 Å². The largest absolute Gasteiger partial charge is 0.376 e. The Morgan fingerprint density at radius 2 is 2.21 bits per heavy atom. The van der Waals surface area contributed by atoms with Gasteiger partial charge in [0.1, 0.15) is 0 Å². The van der Waals surface area contributed by atoms with Crippen molar-refractivity contribution >= 4 is 0 Å². The second kappa shape index (κ2) is 5.76. The topological polar surface area (TPSA) is 22.1 Å². The lowest BCUT2D eigenvalue weighted by molar-refractivity contribution is 0.108. The molecule has 0 spiro atoms. The Hall–Kier alpha value is -0.890. The van der Waals surface area contributed by atoms with Crippen LogP contribution in [0.1, 0.15) is 37.6 Å². The molecule has 2 heteroatoms. The monoisotopic (exact) mass is 193 g/mol. The number of pyridine rings is 1. The minimum absolute atomic E-state index is 0.756. The lowest BCUT2D eigenvalue weighted by Gasteiger charge is -2.17. The molecule has 0 saturated heterocycles. The van der Waals surface area contributed by atoms with Crippen molar-refractivity contribution in [3.63, 3.8) is 0 Å². The van der Waals surface area contributed by atoms with E-state index in [0.717, 1.165) is 26.1 Å². The number of ether oxygens (including phenoxy) is 1. The van der Waals surface area contributed by atoms with Gasteiger partial charge in [-0.15, -0.1) is 0 Å². The van der Waals surface area contributed by atoms with Crippen molar-refractivity contribution in [1.29, 1.82) is 0 Å². The van der Waals surface area contributed by atoms with E-state index in [4.69, 9.17) is 4.74 Å². The van der Waals surface area contributed by atoms with Gasteiger partial charge in [0.05, 0.1) is 13.2 Å². The number of hydrogen-bond acceptors (Lipinski definition) is 2. The minimum Gasteiger partial charge on any atom is -0.376 e. The molecule has 0 atom stereocenters. The zero-order valence-electron chi connectivity index (χ0n) is 9.34. The number of rotatable bonds is 1. The van der Waals surface area contributed by atoms with Crippen molar-refractivity contribution in [2.45, 2.75) is 40.2 Å². The van der Waals surface area contributed by atoms with Crippen LogP contribution in [0.3, 0.4) is 0 Å². The third-order valence-electron chi connectivity index (χ3n) is 2.35. The fraction of sp³-hybridized carbons (Fsp3) is 0.583. The van der Waals surface area contributed by atoms with E-state index in [1.807, 2.05) is 20.0 Å². The minimum atomic E-state index is 0.756. The van der Waals surface area contributed by atoms with Gasteiger partial charge in [-0.1, -0.05) is 20.8 Å². The summed E-state index contributed by atoms with van der Waals surface area (Å²) in [6.07, 6.45) is 3.96. The first kappa shape index (κ1) is 11.2. The molecular weight excluding hydrogens is 174 g/mol. The first-order chi connectivity index (χ1) is 6.92. The zero-order chi connectivity index (χ0) is 10.4. The molecule has 1 aromatic rings.